The number of hydrogen-bond donors (Lipinski definition) is 2. The molecule has 0 fully saturated rings. The number of nitrogen functional groups attached to an aromatic ring is 1. The third-order valence-electron chi connectivity index (χ3n) is 2.26. The van der Waals surface area contributed by atoms with E-state index in [-0.39, 0.29) is 5.82 Å². The van der Waals surface area contributed by atoms with E-state index in [9.17, 15) is 4.39 Å². The highest BCUT2D eigenvalue weighted by molar-refractivity contribution is 5.49. The predicted octanol–water partition coefficient (Wildman–Crippen LogP) is 2.61. The van der Waals surface area contributed by atoms with Gasteiger partial charge < -0.3 is 10.2 Å². The SMILES string of the molecule is Cc1cc(Oc2cccc(F)c2)ncc1NN. The molecule has 0 unspecified atom stereocenters. The van der Waals surface area contributed by atoms with E-state index in [0.29, 0.717) is 11.6 Å². The summed E-state index contributed by atoms with van der Waals surface area (Å²) in [5.74, 6) is 5.75. The molecule has 0 atom stereocenters. The monoisotopic (exact) mass is 233 g/mol. The van der Waals surface area contributed by atoms with E-state index in [0.717, 1.165) is 11.3 Å². The molecule has 0 saturated heterocycles. The lowest BCUT2D eigenvalue weighted by Gasteiger charge is -2.08. The standard InChI is InChI=1S/C12H12FN3O/c1-8-5-12(15-7-11(8)16-14)17-10-4-2-3-9(13)6-10/h2-7,16H,14H2,1H3. The Morgan fingerprint density at radius 2 is 2.18 bits per heavy atom. The number of anilines is 1. The van der Waals surface area contributed by atoms with Crippen LogP contribution in [-0.4, -0.2) is 4.98 Å². The zero-order valence-electron chi connectivity index (χ0n) is 9.27. The van der Waals surface area contributed by atoms with Crippen molar-refractivity contribution < 1.29 is 9.13 Å². The summed E-state index contributed by atoms with van der Waals surface area (Å²) in [4.78, 5) is 4.05. The number of nitrogens with one attached hydrogen (secondary N) is 1. The second-order valence-electron chi connectivity index (χ2n) is 3.54. The number of ether oxygens (including phenoxy) is 1. The van der Waals surface area contributed by atoms with Crippen molar-refractivity contribution in [3.63, 3.8) is 0 Å². The van der Waals surface area contributed by atoms with Crippen molar-refractivity contribution in [1.29, 1.82) is 0 Å². The summed E-state index contributed by atoms with van der Waals surface area (Å²) in [5, 5.41) is 0. The molecule has 0 radical (unpaired) electrons. The topological polar surface area (TPSA) is 60.2 Å². The molecule has 1 heterocycles. The molecule has 3 N–H and O–H groups in total. The number of rotatable bonds is 3. The third-order valence-corrected chi connectivity index (χ3v) is 2.26. The minimum atomic E-state index is -0.348. The Balaban J connectivity index is 2.22. The highest BCUT2D eigenvalue weighted by Gasteiger charge is 2.03. The van der Waals surface area contributed by atoms with Crippen molar-refractivity contribution in [2.75, 3.05) is 5.43 Å². The van der Waals surface area contributed by atoms with Crippen LogP contribution >= 0.6 is 0 Å². The van der Waals surface area contributed by atoms with Crippen LogP contribution < -0.4 is 16.0 Å². The molecule has 0 bridgehead atoms. The van der Waals surface area contributed by atoms with E-state index < -0.39 is 0 Å². The Morgan fingerprint density at radius 3 is 2.82 bits per heavy atom. The van der Waals surface area contributed by atoms with E-state index in [1.54, 1.807) is 24.4 Å². The van der Waals surface area contributed by atoms with Crippen LogP contribution in [0.25, 0.3) is 0 Å². The number of halogens is 1. The summed E-state index contributed by atoms with van der Waals surface area (Å²) in [5.41, 5.74) is 4.13. The van der Waals surface area contributed by atoms with Gasteiger partial charge in [0.2, 0.25) is 5.88 Å². The molecule has 0 amide bonds. The summed E-state index contributed by atoms with van der Waals surface area (Å²) in [6.45, 7) is 1.87. The van der Waals surface area contributed by atoms with Gasteiger partial charge in [-0.3, -0.25) is 5.84 Å². The molecule has 0 aliphatic carbocycles. The lowest BCUT2D eigenvalue weighted by Crippen LogP contribution is -2.08. The summed E-state index contributed by atoms with van der Waals surface area (Å²) in [6.07, 6.45) is 1.56. The Bertz CT molecular complexity index is 531. The van der Waals surface area contributed by atoms with Gasteiger partial charge in [0.1, 0.15) is 11.6 Å². The van der Waals surface area contributed by atoms with Crippen molar-refractivity contribution in [3.8, 4) is 11.6 Å². The Hall–Kier alpha value is -2.14. The first-order chi connectivity index (χ1) is 8.19. The maximum Gasteiger partial charge on any atom is 0.219 e. The number of hydrazine groups is 1. The van der Waals surface area contributed by atoms with Gasteiger partial charge in [0.05, 0.1) is 11.9 Å². The van der Waals surface area contributed by atoms with Gasteiger partial charge in [-0.1, -0.05) is 6.07 Å². The second-order valence-corrected chi connectivity index (χ2v) is 3.54. The molecule has 0 aliphatic heterocycles. The predicted molar refractivity (Wildman–Crippen MR) is 63.3 cm³/mol. The van der Waals surface area contributed by atoms with Crippen molar-refractivity contribution in [1.82, 2.24) is 4.98 Å². The molecule has 1 aromatic carbocycles. The summed E-state index contributed by atoms with van der Waals surface area (Å²) >= 11 is 0. The number of aromatic nitrogens is 1. The Kier molecular flexibility index (Phi) is 3.20. The zero-order chi connectivity index (χ0) is 12.3. The molecule has 0 saturated carbocycles. The van der Waals surface area contributed by atoms with Crippen molar-refractivity contribution in [2.24, 2.45) is 5.84 Å². The lowest BCUT2D eigenvalue weighted by atomic mass is 10.2. The number of benzene rings is 1. The van der Waals surface area contributed by atoms with Crippen LogP contribution in [-0.2, 0) is 0 Å². The average Bonchev–Trinajstić information content (AvgIpc) is 2.29. The van der Waals surface area contributed by atoms with Crippen molar-refractivity contribution >= 4 is 5.69 Å². The number of hydrogen-bond acceptors (Lipinski definition) is 4. The van der Waals surface area contributed by atoms with Gasteiger partial charge >= 0.3 is 0 Å². The molecule has 2 aromatic rings. The first kappa shape index (κ1) is 11.3. The molecule has 0 spiro atoms. The van der Waals surface area contributed by atoms with Gasteiger partial charge in [0.15, 0.2) is 0 Å². The molecular formula is C12H12FN3O. The molecule has 88 valence electrons. The van der Waals surface area contributed by atoms with Crippen LogP contribution in [0.2, 0.25) is 0 Å². The van der Waals surface area contributed by atoms with Crippen molar-refractivity contribution in [2.45, 2.75) is 6.92 Å². The lowest BCUT2D eigenvalue weighted by molar-refractivity contribution is 0.458. The van der Waals surface area contributed by atoms with Gasteiger partial charge in [0, 0.05) is 12.1 Å². The minimum Gasteiger partial charge on any atom is -0.439 e. The molecule has 5 heteroatoms. The summed E-state index contributed by atoms with van der Waals surface area (Å²) < 4.78 is 18.4. The van der Waals surface area contributed by atoms with Gasteiger partial charge in [-0.2, -0.15) is 0 Å². The maximum absolute atomic E-state index is 12.9. The van der Waals surface area contributed by atoms with Crippen LogP contribution in [0.5, 0.6) is 11.6 Å². The smallest absolute Gasteiger partial charge is 0.219 e. The van der Waals surface area contributed by atoms with Gasteiger partial charge in [0.25, 0.3) is 0 Å². The Labute approximate surface area is 98.2 Å². The quantitative estimate of drug-likeness (QED) is 0.632. The molecular weight excluding hydrogens is 221 g/mol. The normalized spacial score (nSPS) is 10.1. The van der Waals surface area contributed by atoms with Gasteiger partial charge in [-0.25, -0.2) is 9.37 Å². The van der Waals surface area contributed by atoms with Crippen LogP contribution in [0, 0.1) is 12.7 Å². The van der Waals surface area contributed by atoms with E-state index in [1.165, 1.54) is 12.1 Å². The molecule has 2 rings (SSSR count). The largest absolute Gasteiger partial charge is 0.439 e. The minimum absolute atomic E-state index is 0.348. The fourth-order valence-corrected chi connectivity index (χ4v) is 1.39. The number of nitrogens with two attached hydrogens (primary N) is 1. The molecule has 0 aliphatic rings. The fraction of sp³-hybridized carbons (Fsp3) is 0.0833. The summed E-state index contributed by atoms with van der Waals surface area (Å²) in [6, 6.07) is 7.61. The van der Waals surface area contributed by atoms with E-state index in [1.807, 2.05) is 6.92 Å². The first-order valence-corrected chi connectivity index (χ1v) is 5.06. The van der Waals surface area contributed by atoms with E-state index in [2.05, 4.69) is 10.4 Å². The highest BCUT2D eigenvalue weighted by atomic mass is 19.1. The average molecular weight is 233 g/mol. The van der Waals surface area contributed by atoms with Crippen LogP contribution in [0.1, 0.15) is 5.56 Å². The summed E-state index contributed by atoms with van der Waals surface area (Å²) in [7, 11) is 0. The van der Waals surface area contributed by atoms with Gasteiger partial charge in [-0.05, 0) is 24.6 Å². The van der Waals surface area contributed by atoms with Crippen LogP contribution in [0.3, 0.4) is 0 Å². The van der Waals surface area contributed by atoms with Crippen LogP contribution in [0.15, 0.2) is 36.5 Å². The molecule has 4 nitrogen and oxygen atoms in total. The maximum atomic E-state index is 12.9. The number of pyridine rings is 1. The molecule has 17 heavy (non-hydrogen) atoms. The van der Waals surface area contributed by atoms with Gasteiger partial charge in [-0.15, -0.1) is 0 Å². The zero-order valence-corrected chi connectivity index (χ0v) is 9.27. The van der Waals surface area contributed by atoms with Crippen LogP contribution in [0.4, 0.5) is 10.1 Å². The van der Waals surface area contributed by atoms with E-state index >= 15 is 0 Å². The van der Waals surface area contributed by atoms with E-state index in [4.69, 9.17) is 10.6 Å². The highest BCUT2D eigenvalue weighted by Crippen LogP contribution is 2.23. The number of nitrogens with zero attached hydrogens (tertiary/aromatic N) is 1. The first-order valence-electron chi connectivity index (χ1n) is 5.06. The number of aryl methyl sites for hydroxylation is 1. The third kappa shape index (κ3) is 2.70. The second kappa shape index (κ2) is 4.80. The Morgan fingerprint density at radius 1 is 1.35 bits per heavy atom. The van der Waals surface area contributed by atoms with Crippen molar-refractivity contribution in [3.05, 3.63) is 47.9 Å². The fourth-order valence-electron chi connectivity index (χ4n) is 1.39. The molecule has 1 aromatic heterocycles.